The Morgan fingerprint density at radius 3 is 2.70 bits per heavy atom. The number of benzene rings is 1. The summed E-state index contributed by atoms with van der Waals surface area (Å²) in [5.74, 6) is 0.0437. The zero-order valence-corrected chi connectivity index (χ0v) is 12.6. The van der Waals surface area contributed by atoms with E-state index in [1.165, 1.54) is 5.56 Å². The smallest absolute Gasteiger partial charge is 0.239 e. The van der Waals surface area contributed by atoms with Crippen LogP contribution in [0.15, 0.2) is 30.3 Å². The lowest BCUT2D eigenvalue weighted by Gasteiger charge is -2.20. The van der Waals surface area contributed by atoms with E-state index in [0.29, 0.717) is 17.7 Å². The van der Waals surface area contributed by atoms with Crippen LogP contribution in [0.3, 0.4) is 0 Å². The van der Waals surface area contributed by atoms with Gasteiger partial charge in [-0.05, 0) is 37.0 Å². The van der Waals surface area contributed by atoms with Gasteiger partial charge in [0.25, 0.3) is 0 Å². The first-order valence-corrected chi connectivity index (χ1v) is 7.38. The Morgan fingerprint density at radius 2 is 2.05 bits per heavy atom. The van der Waals surface area contributed by atoms with E-state index in [1.54, 1.807) is 4.90 Å². The minimum Gasteiger partial charge on any atom is -0.362 e. The Morgan fingerprint density at radius 1 is 1.35 bits per heavy atom. The van der Waals surface area contributed by atoms with Gasteiger partial charge in [0.2, 0.25) is 5.91 Å². The molecule has 1 fully saturated rings. The summed E-state index contributed by atoms with van der Waals surface area (Å²) in [7, 11) is 1.84. The van der Waals surface area contributed by atoms with Crippen LogP contribution < -0.4 is 10.6 Å². The Hall–Kier alpha value is -1.62. The summed E-state index contributed by atoms with van der Waals surface area (Å²) in [5.41, 5.74) is 1.27. The maximum Gasteiger partial charge on any atom is 0.239 e. The minimum absolute atomic E-state index is 0.0437. The summed E-state index contributed by atoms with van der Waals surface area (Å²) in [4.78, 5) is 13.4. The summed E-state index contributed by atoms with van der Waals surface area (Å²) < 4.78 is 0. The SMILES string of the molecule is CN(CC(=O)NC1CC1)C(=S)NCCc1ccccc1. The molecule has 0 saturated heterocycles. The van der Waals surface area contributed by atoms with Crippen LogP contribution in [0.1, 0.15) is 18.4 Å². The first-order chi connectivity index (χ1) is 9.65. The standard InChI is InChI=1S/C15H21N3OS/c1-18(11-14(19)17-13-7-8-13)15(20)16-10-9-12-5-3-2-4-6-12/h2-6,13H,7-11H2,1H3,(H,16,20)(H,17,19). The van der Waals surface area contributed by atoms with Crippen LogP contribution in [0.5, 0.6) is 0 Å². The number of hydrogen-bond donors (Lipinski definition) is 2. The molecule has 2 N–H and O–H groups in total. The summed E-state index contributed by atoms with van der Waals surface area (Å²) in [5, 5.41) is 6.75. The molecular weight excluding hydrogens is 270 g/mol. The average Bonchev–Trinajstić information content (AvgIpc) is 3.23. The number of thiocarbonyl (C=S) groups is 1. The van der Waals surface area contributed by atoms with Gasteiger partial charge in [-0.2, -0.15) is 0 Å². The lowest BCUT2D eigenvalue weighted by molar-refractivity contribution is -0.121. The first kappa shape index (κ1) is 14.8. The lowest BCUT2D eigenvalue weighted by atomic mass is 10.1. The summed E-state index contributed by atoms with van der Waals surface area (Å²) in [6.07, 6.45) is 3.13. The van der Waals surface area contributed by atoms with Crippen molar-refractivity contribution in [1.82, 2.24) is 15.5 Å². The largest absolute Gasteiger partial charge is 0.362 e. The Kier molecular flexibility index (Phi) is 5.35. The normalized spacial score (nSPS) is 13.7. The van der Waals surface area contributed by atoms with Gasteiger partial charge in [0.05, 0.1) is 6.54 Å². The number of nitrogens with zero attached hydrogens (tertiary/aromatic N) is 1. The van der Waals surface area contributed by atoms with Crippen molar-refractivity contribution in [2.45, 2.75) is 25.3 Å². The van der Waals surface area contributed by atoms with Crippen molar-refractivity contribution in [1.29, 1.82) is 0 Å². The topological polar surface area (TPSA) is 44.4 Å². The second kappa shape index (κ2) is 7.24. The Balaban J connectivity index is 1.64. The number of likely N-dealkylation sites (N-methyl/N-ethyl adjacent to an activating group) is 1. The highest BCUT2D eigenvalue weighted by molar-refractivity contribution is 7.80. The molecule has 2 rings (SSSR count). The number of amides is 1. The molecule has 1 saturated carbocycles. The second-order valence-corrected chi connectivity index (χ2v) is 5.55. The molecule has 1 aliphatic rings. The van der Waals surface area contributed by atoms with E-state index in [-0.39, 0.29) is 5.91 Å². The first-order valence-electron chi connectivity index (χ1n) is 6.97. The van der Waals surface area contributed by atoms with Crippen molar-refractivity contribution in [2.75, 3.05) is 20.1 Å². The molecule has 0 aromatic heterocycles. The quantitative estimate of drug-likeness (QED) is 0.776. The maximum atomic E-state index is 11.7. The van der Waals surface area contributed by atoms with Gasteiger partial charge in [0.1, 0.15) is 0 Å². The predicted molar refractivity (Wildman–Crippen MR) is 84.5 cm³/mol. The third-order valence-electron chi connectivity index (χ3n) is 3.20. The number of carbonyl (C=O) groups excluding carboxylic acids is 1. The van der Waals surface area contributed by atoms with Crippen molar-refractivity contribution in [3.05, 3.63) is 35.9 Å². The molecule has 0 spiro atoms. The highest BCUT2D eigenvalue weighted by Crippen LogP contribution is 2.18. The molecule has 20 heavy (non-hydrogen) atoms. The van der Waals surface area contributed by atoms with E-state index in [9.17, 15) is 4.79 Å². The zero-order chi connectivity index (χ0) is 14.4. The van der Waals surface area contributed by atoms with Gasteiger partial charge in [0.15, 0.2) is 5.11 Å². The van der Waals surface area contributed by atoms with E-state index < -0.39 is 0 Å². The molecule has 0 bridgehead atoms. The molecule has 0 radical (unpaired) electrons. The summed E-state index contributed by atoms with van der Waals surface area (Å²) >= 11 is 5.27. The van der Waals surface area contributed by atoms with E-state index in [2.05, 4.69) is 22.8 Å². The molecular formula is C15H21N3OS. The number of hydrogen-bond acceptors (Lipinski definition) is 2. The molecule has 1 aromatic carbocycles. The molecule has 108 valence electrons. The van der Waals surface area contributed by atoms with Gasteiger partial charge >= 0.3 is 0 Å². The molecule has 4 nitrogen and oxygen atoms in total. The summed E-state index contributed by atoms with van der Waals surface area (Å²) in [6, 6.07) is 10.7. The lowest BCUT2D eigenvalue weighted by Crippen LogP contribution is -2.44. The third kappa shape index (κ3) is 5.17. The minimum atomic E-state index is 0.0437. The highest BCUT2D eigenvalue weighted by atomic mass is 32.1. The molecule has 1 amide bonds. The number of carbonyl (C=O) groups is 1. The van der Waals surface area contributed by atoms with Gasteiger partial charge in [0, 0.05) is 19.6 Å². The predicted octanol–water partition coefficient (Wildman–Crippen LogP) is 1.31. The Bertz CT molecular complexity index is 459. The van der Waals surface area contributed by atoms with Crippen LogP contribution in [0.4, 0.5) is 0 Å². The van der Waals surface area contributed by atoms with Gasteiger partial charge in [-0.25, -0.2) is 0 Å². The molecule has 0 atom stereocenters. The van der Waals surface area contributed by atoms with Crippen LogP contribution in [-0.4, -0.2) is 42.1 Å². The third-order valence-corrected chi connectivity index (χ3v) is 3.66. The molecule has 0 aliphatic heterocycles. The number of rotatable bonds is 6. The van der Waals surface area contributed by atoms with Gasteiger partial charge in [-0.3, -0.25) is 4.79 Å². The van der Waals surface area contributed by atoms with Crippen molar-refractivity contribution in [3.63, 3.8) is 0 Å². The van der Waals surface area contributed by atoms with E-state index in [1.807, 2.05) is 25.2 Å². The van der Waals surface area contributed by atoms with Crippen LogP contribution in [0.2, 0.25) is 0 Å². The van der Waals surface area contributed by atoms with Gasteiger partial charge in [-0.15, -0.1) is 0 Å². The van der Waals surface area contributed by atoms with E-state index in [0.717, 1.165) is 25.8 Å². The molecule has 1 aromatic rings. The van der Waals surface area contributed by atoms with Crippen molar-refractivity contribution in [2.24, 2.45) is 0 Å². The molecule has 1 aliphatic carbocycles. The van der Waals surface area contributed by atoms with Crippen LogP contribution >= 0.6 is 12.2 Å². The average molecular weight is 291 g/mol. The fourth-order valence-electron chi connectivity index (χ4n) is 1.88. The zero-order valence-electron chi connectivity index (χ0n) is 11.8. The second-order valence-electron chi connectivity index (χ2n) is 5.17. The number of nitrogens with one attached hydrogen (secondary N) is 2. The van der Waals surface area contributed by atoms with Crippen molar-refractivity contribution < 1.29 is 4.79 Å². The van der Waals surface area contributed by atoms with E-state index in [4.69, 9.17) is 12.2 Å². The van der Waals surface area contributed by atoms with Crippen LogP contribution in [0, 0.1) is 0 Å². The fourth-order valence-corrected chi connectivity index (χ4v) is 2.05. The van der Waals surface area contributed by atoms with Crippen LogP contribution in [-0.2, 0) is 11.2 Å². The monoisotopic (exact) mass is 291 g/mol. The molecule has 0 unspecified atom stereocenters. The molecule has 5 heteroatoms. The summed E-state index contributed by atoms with van der Waals surface area (Å²) in [6.45, 7) is 1.09. The van der Waals surface area contributed by atoms with Gasteiger partial charge in [-0.1, -0.05) is 30.3 Å². The van der Waals surface area contributed by atoms with Crippen molar-refractivity contribution >= 4 is 23.2 Å². The maximum absolute atomic E-state index is 11.7. The Labute approximate surface area is 125 Å². The van der Waals surface area contributed by atoms with Crippen molar-refractivity contribution in [3.8, 4) is 0 Å². The highest BCUT2D eigenvalue weighted by Gasteiger charge is 2.23. The molecule has 0 heterocycles. The van der Waals surface area contributed by atoms with Gasteiger partial charge < -0.3 is 15.5 Å². The van der Waals surface area contributed by atoms with Crippen LogP contribution in [0.25, 0.3) is 0 Å². The van der Waals surface area contributed by atoms with E-state index >= 15 is 0 Å². The fraction of sp³-hybridized carbons (Fsp3) is 0.467.